The molecule has 1 aliphatic carbocycles. The summed E-state index contributed by atoms with van der Waals surface area (Å²) in [5.41, 5.74) is 0.613. The third-order valence-corrected chi connectivity index (χ3v) is 3.77. The van der Waals surface area contributed by atoms with Crippen LogP contribution in [0.2, 0.25) is 0 Å². The Morgan fingerprint density at radius 3 is 2.75 bits per heavy atom. The van der Waals surface area contributed by atoms with Gasteiger partial charge in [0, 0.05) is 16.8 Å². The van der Waals surface area contributed by atoms with E-state index in [1.165, 1.54) is 6.07 Å². The molecule has 1 fully saturated rings. The van der Waals surface area contributed by atoms with Crippen molar-refractivity contribution in [2.24, 2.45) is 11.3 Å². The van der Waals surface area contributed by atoms with Gasteiger partial charge in [0.05, 0.1) is 0 Å². The summed E-state index contributed by atoms with van der Waals surface area (Å²) >= 11 is 3.28. The van der Waals surface area contributed by atoms with Gasteiger partial charge < -0.3 is 0 Å². The summed E-state index contributed by atoms with van der Waals surface area (Å²) in [7, 11) is 0. The lowest BCUT2D eigenvalue weighted by Crippen LogP contribution is -2.10. The van der Waals surface area contributed by atoms with E-state index in [4.69, 9.17) is 0 Å². The molecular weight excluding hydrogens is 271 g/mol. The Morgan fingerprint density at radius 2 is 2.19 bits per heavy atom. The highest BCUT2D eigenvalue weighted by Gasteiger charge is 2.49. The van der Waals surface area contributed by atoms with Gasteiger partial charge in [-0.05, 0) is 35.6 Å². The Kier molecular flexibility index (Phi) is 2.91. The van der Waals surface area contributed by atoms with E-state index in [1.54, 1.807) is 12.1 Å². The highest BCUT2D eigenvalue weighted by Crippen LogP contribution is 2.52. The number of halogens is 2. The molecule has 1 unspecified atom stereocenters. The van der Waals surface area contributed by atoms with Crippen LogP contribution in [0.1, 0.15) is 25.8 Å². The molecule has 0 bridgehead atoms. The average molecular weight is 285 g/mol. The molecule has 86 valence electrons. The molecule has 1 atom stereocenters. The summed E-state index contributed by atoms with van der Waals surface area (Å²) in [5.74, 6) is -0.0251. The second kappa shape index (κ2) is 3.95. The monoisotopic (exact) mass is 284 g/mol. The van der Waals surface area contributed by atoms with Gasteiger partial charge >= 0.3 is 0 Å². The van der Waals surface area contributed by atoms with Gasteiger partial charge in [0.25, 0.3) is 0 Å². The van der Waals surface area contributed by atoms with Crippen molar-refractivity contribution in [3.8, 4) is 0 Å². The molecule has 2 rings (SSSR count). The van der Waals surface area contributed by atoms with Crippen molar-refractivity contribution in [1.29, 1.82) is 0 Å². The molecule has 0 aliphatic heterocycles. The number of hydrogen-bond acceptors (Lipinski definition) is 1. The highest BCUT2D eigenvalue weighted by atomic mass is 79.9. The third kappa shape index (κ3) is 2.34. The summed E-state index contributed by atoms with van der Waals surface area (Å²) in [5, 5.41) is 0. The fourth-order valence-electron chi connectivity index (χ4n) is 2.01. The van der Waals surface area contributed by atoms with Crippen LogP contribution in [0.5, 0.6) is 0 Å². The number of rotatable bonds is 3. The molecule has 0 spiro atoms. The Balaban J connectivity index is 2.10. The molecule has 0 aromatic heterocycles. The van der Waals surface area contributed by atoms with Crippen LogP contribution in [0.25, 0.3) is 0 Å². The van der Waals surface area contributed by atoms with Crippen LogP contribution in [0.15, 0.2) is 22.7 Å². The summed E-state index contributed by atoms with van der Waals surface area (Å²) in [6.07, 6.45) is 1.14. The second-order valence-corrected chi connectivity index (χ2v) is 6.04. The lowest BCUT2D eigenvalue weighted by Gasteiger charge is -2.05. The molecule has 0 saturated heterocycles. The van der Waals surface area contributed by atoms with Crippen LogP contribution in [-0.2, 0) is 11.2 Å². The third-order valence-electron chi connectivity index (χ3n) is 3.27. The largest absolute Gasteiger partial charge is 0.299 e. The molecule has 0 N–H and O–H groups in total. The summed E-state index contributed by atoms with van der Waals surface area (Å²) in [4.78, 5) is 11.9. The van der Waals surface area contributed by atoms with E-state index in [9.17, 15) is 9.18 Å². The maximum atomic E-state index is 13.4. The van der Waals surface area contributed by atoms with Crippen LogP contribution >= 0.6 is 15.9 Å². The number of carbonyl (C=O) groups excluding carboxylic acids is 1. The first-order valence-corrected chi connectivity index (χ1v) is 6.16. The molecule has 16 heavy (non-hydrogen) atoms. The normalized spacial score (nSPS) is 21.9. The van der Waals surface area contributed by atoms with Crippen molar-refractivity contribution in [3.63, 3.8) is 0 Å². The Labute approximate surface area is 103 Å². The van der Waals surface area contributed by atoms with E-state index in [1.807, 2.05) is 0 Å². The van der Waals surface area contributed by atoms with Crippen molar-refractivity contribution in [1.82, 2.24) is 0 Å². The van der Waals surface area contributed by atoms with Gasteiger partial charge in [-0.25, -0.2) is 4.39 Å². The SMILES string of the molecule is CC1(C)CC1C(=O)Cc1cc(Br)ccc1F. The second-order valence-electron chi connectivity index (χ2n) is 5.12. The molecule has 1 saturated carbocycles. The lowest BCUT2D eigenvalue weighted by atomic mass is 10.0. The highest BCUT2D eigenvalue weighted by molar-refractivity contribution is 9.10. The fourth-order valence-corrected chi connectivity index (χ4v) is 2.42. The Morgan fingerprint density at radius 1 is 1.56 bits per heavy atom. The van der Waals surface area contributed by atoms with Crippen LogP contribution in [0.3, 0.4) is 0 Å². The first-order chi connectivity index (χ1) is 7.40. The summed E-state index contributed by atoms with van der Waals surface area (Å²) in [6.45, 7) is 4.15. The molecule has 3 heteroatoms. The summed E-state index contributed by atoms with van der Waals surface area (Å²) in [6, 6.07) is 4.72. The van der Waals surface area contributed by atoms with Gasteiger partial charge in [-0.15, -0.1) is 0 Å². The maximum absolute atomic E-state index is 13.4. The lowest BCUT2D eigenvalue weighted by molar-refractivity contribution is -0.120. The van der Waals surface area contributed by atoms with Crippen LogP contribution in [0.4, 0.5) is 4.39 Å². The van der Waals surface area contributed by atoms with Gasteiger partial charge in [-0.3, -0.25) is 4.79 Å². The molecule has 1 nitrogen and oxygen atoms in total. The molecule has 1 aromatic carbocycles. The minimum atomic E-state index is -0.296. The first-order valence-electron chi connectivity index (χ1n) is 5.37. The quantitative estimate of drug-likeness (QED) is 0.826. The number of benzene rings is 1. The maximum Gasteiger partial charge on any atom is 0.140 e. The topological polar surface area (TPSA) is 17.1 Å². The van der Waals surface area contributed by atoms with Crippen LogP contribution in [0, 0.1) is 17.2 Å². The number of hydrogen-bond donors (Lipinski definition) is 0. The Bertz CT molecular complexity index is 440. The zero-order valence-electron chi connectivity index (χ0n) is 9.39. The van der Waals surface area contributed by atoms with E-state index in [0.29, 0.717) is 5.56 Å². The molecule has 1 aliphatic rings. The van der Waals surface area contributed by atoms with Crippen molar-refractivity contribution < 1.29 is 9.18 Å². The standard InChI is InChI=1S/C13H14BrFO/c1-13(2)7-10(13)12(16)6-8-5-9(14)3-4-11(8)15/h3-5,10H,6-7H2,1-2H3. The summed E-state index contributed by atoms with van der Waals surface area (Å²) < 4.78 is 14.2. The van der Waals surface area contributed by atoms with E-state index in [2.05, 4.69) is 29.8 Å². The first kappa shape index (κ1) is 11.8. The van der Waals surface area contributed by atoms with Crippen LogP contribution in [-0.4, -0.2) is 5.78 Å². The van der Waals surface area contributed by atoms with E-state index >= 15 is 0 Å². The van der Waals surface area contributed by atoms with Gasteiger partial charge in [0.2, 0.25) is 0 Å². The van der Waals surface area contributed by atoms with Gasteiger partial charge in [-0.1, -0.05) is 29.8 Å². The molecule has 1 aromatic rings. The van der Waals surface area contributed by atoms with Crippen molar-refractivity contribution >= 4 is 21.7 Å². The van der Waals surface area contributed by atoms with E-state index < -0.39 is 0 Å². The van der Waals surface area contributed by atoms with E-state index in [-0.39, 0.29) is 29.4 Å². The average Bonchev–Trinajstić information content (AvgIpc) is 2.82. The number of ketones is 1. The van der Waals surface area contributed by atoms with Crippen molar-refractivity contribution in [2.75, 3.05) is 0 Å². The molecule has 0 heterocycles. The minimum absolute atomic E-state index is 0.117. The Hall–Kier alpha value is -0.700. The fraction of sp³-hybridized carbons (Fsp3) is 0.462. The molecular formula is C13H14BrFO. The smallest absolute Gasteiger partial charge is 0.140 e. The number of carbonyl (C=O) groups is 1. The van der Waals surface area contributed by atoms with Gasteiger partial charge in [0.15, 0.2) is 0 Å². The zero-order chi connectivity index (χ0) is 11.9. The van der Waals surface area contributed by atoms with Crippen LogP contribution < -0.4 is 0 Å². The van der Waals surface area contributed by atoms with Crippen molar-refractivity contribution in [3.05, 3.63) is 34.1 Å². The number of Topliss-reactive ketones (excluding diaryl/α,β-unsaturated/α-hetero) is 1. The van der Waals surface area contributed by atoms with Gasteiger partial charge in [0.1, 0.15) is 11.6 Å². The van der Waals surface area contributed by atoms with Gasteiger partial charge in [-0.2, -0.15) is 0 Å². The predicted molar refractivity (Wildman–Crippen MR) is 64.7 cm³/mol. The zero-order valence-corrected chi connectivity index (χ0v) is 11.0. The van der Waals surface area contributed by atoms with E-state index in [0.717, 1.165) is 10.9 Å². The van der Waals surface area contributed by atoms with Crippen molar-refractivity contribution in [2.45, 2.75) is 26.7 Å². The minimum Gasteiger partial charge on any atom is -0.299 e. The molecule has 0 amide bonds. The molecule has 0 radical (unpaired) electrons. The predicted octanol–water partition coefficient (Wildman–Crippen LogP) is 3.75.